The number of H-pyrrole nitrogens is 2. The first-order chi connectivity index (χ1) is 13.5. The molecule has 0 bridgehead atoms. The van der Waals surface area contributed by atoms with E-state index in [9.17, 15) is 14.4 Å². The summed E-state index contributed by atoms with van der Waals surface area (Å²) in [5.74, 6) is -0.136. The number of aryl methyl sites for hydroxylation is 1. The lowest BCUT2D eigenvalue weighted by molar-refractivity contribution is -0.116. The molecule has 2 aromatic carbocycles. The number of carbonyl (C=O) groups excluding carboxylic acids is 1. The average molecular weight is 379 g/mol. The summed E-state index contributed by atoms with van der Waals surface area (Å²) in [5.41, 5.74) is 2.41. The number of rotatable bonds is 5. The van der Waals surface area contributed by atoms with Gasteiger partial charge in [-0.15, -0.1) is 0 Å². The highest BCUT2D eigenvalue weighted by Crippen LogP contribution is 2.19. The van der Waals surface area contributed by atoms with Gasteiger partial charge in [0.2, 0.25) is 5.91 Å². The van der Waals surface area contributed by atoms with E-state index >= 15 is 0 Å². The van der Waals surface area contributed by atoms with Crippen molar-refractivity contribution in [3.8, 4) is 5.75 Å². The van der Waals surface area contributed by atoms with Gasteiger partial charge in [-0.05, 0) is 42.1 Å². The van der Waals surface area contributed by atoms with Gasteiger partial charge >= 0.3 is 5.76 Å². The van der Waals surface area contributed by atoms with E-state index in [2.05, 4.69) is 15.3 Å². The molecule has 1 amide bonds. The van der Waals surface area contributed by atoms with Crippen LogP contribution >= 0.6 is 0 Å². The fourth-order valence-electron chi connectivity index (χ4n) is 3.03. The van der Waals surface area contributed by atoms with Gasteiger partial charge in [-0.3, -0.25) is 14.6 Å². The van der Waals surface area contributed by atoms with Crippen LogP contribution in [0, 0.1) is 0 Å². The van der Waals surface area contributed by atoms with E-state index in [4.69, 9.17) is 9.15 Å². The second kappa shape index (κ2) is 7.07. The molecule has 0 fully saturated rings. The van der Waals surface area contributed by atoms with Crippen LogP contribution in [-0.2, 0) is 11.2 Å². The van der Waals surface area contributed by atoms with Gasteiger partial charge in [-0.25, -0.2) is 4.79 Å². The van der Waals surface area contributed by atoms with Crippen molar-refractivity contribution in [3.05, 3.63) is 68.9 Å². The van der Waals surface area contributed by atoms with E-state index in [1.807, 2.05) is 12.1 Å². The van der Waals surface area contributed by atoms with Crippen LogP contribution in [-0.4, -0.2) is 23.0 Å². The van der Waals surface area contributed by atoms with Crippen molar-refractivity contribution in [1.29, 1.82) is 0 Å². The first kappa shape index (κ1) is 17.6. The van der Waals surface area contributed by atoms with E-state index in [1.54, 1.807) is 37.4 Å². The molecule has 0 unspecified atom stereocenters. The van der Waals surface area contributed by atoms with Crippen molar-refractivity contribution in [2.75, 3.05) is 12.4 Å². The minimum atomic E-state index is -0.549. The zero-order valence-electron chi connectivity index (χ0n) is 15.0. The maximum atomic E-state index is 12.3. The Kier molecular flexibility index (Phi) is 4.44. The number of hydrogen-bond donors (Lipinski definition) is 3. The molecule has 8 heteroatoms. The number of pyridine rings is 1. The lowest BCUT2D eigenvalue weighted by atomic mass is 10.1. The molecule has 2 aromatic heterocycles. The van der Waals surface area contributed by atoms with Gasteiger partial charge in [0.05, 0.1) is 18.1 Å². The van der Waals surface area contributed by atoms with Gasteiger partial charge in [0.15, 0.2) is 5.58 Å². The number of benzene rings is 2. The number of oxazole rings is 1. The molecule has 0 saturated carbocycles. The van der Waals surface area contributed by atoms with Crippen molar-refractivity contribution in [1.82, 2.24) is 9.97 Å². The molecular weight excluding hydrogens is 362 g/mol. The van der Waals surface area contributed by atoms with E-state index in [1.165, 1.54) is 0 Å². The second-order valence-electron chi connectivity index (χ2n) is 6.35. The second-order valence-corrected chi connectivity index (χ2v) is 6.35. The Morgan fingerprint density at radius 3 is 2.75 bits per heavy atom. The van der Waals surface area contributed by atoms with Crippen molar-refractivity contribution >= 4 is 33.6 Å². The van der Waals surface area contributed by atoms with Gasteiger partial charge in [0.1, 0.15) is 5.75 Å². The minimum absolute atomic E-state index is 0.139. The van der Waals surface area contributed by atoms with Crippen LogP contribution in [0.25, 0.3) is 22.0 Å². The largest absolute Gasteiger partial charge is 0.497 e. The molecule has 0 radical (unpaired) electrons. The summed E-state index contributed by atoms with van der Waals surface area (Å²) in [5, 5.41) is 3.61. The number of nitrogens with one attached hydrogen (secondary N) is 3. The smallest absolute Gasteiger partial charge is 0.417 e. The minimum Gasteiger partial charge on any atom is -0.497 e. The lowest BCUT2D eigenvalue weighted by Gasteiger charge is -2.07. The van der Waals surface area contributed by atoms with Gasteiger partial charge in [0, 0.05) is 29.8 Å². The molecule has 142 valence electrons. The van der Waals surface area contributed by atoms with Crippen molar-refractivity contribution in [2.24, 2.45) is 0 Å². The molecule has 28 heavy (non-hydrogen) atoms. The number of carbonyl (C=O) groups is 1. The summed E-state index contributed by atoms with van der Waals surface area (Å²) in [6.07, 6.45) is 0.435. The third-order valence-corrected chi connectivity index (χ3v) is 4.46. The number of anilines is 1. The summed E-state index contributed by atoms with van der Waals surface area (Å²) in [6.45, 7) is 0. The van der Waals surface area contributed by atoms with Gasteiger partial charge in [-0.2, -0.15) is 0 Å². The third-order valence-electron chi connectivity index (χ3n) is 4.46. The maximum Gasteiger partial charge on any atom is 0.417 e. The van der Waals surface area contributed by atoms with Crippen LogP contribution in [0.1, 0.15) is 12.0 Å². The van der Waals surface area contributed by atoms with E-state index in [0.717, 1.165) is 5.39 Å². The first-order valence-corrected chi connectivity index (χ1v) is 8.64. The quantitative estimate of drug-likeness (QED) is 0.493. The molecule has 4 rings (SSSR count). The summed E-state index contributed by atoms with van der Waals surface area (Å²) >= 11 is 0. The Hall–Kier alpha value is -3.81. The van der Waals surface area contributed by atoms with Crippen molar-refractivity contribution in [3.63, 3.8) is 0 Å². The number of ether oxygens (including phenoxy) is 1. The monoisotopic (exact) mass is 379 g/mol. The Labute approximate surface area is 158 Å². The van der Waals surface area contributed by atoms with Crippen LogP contribution in [0.15, 0.2) is 56.5 Å². The number of aromatic amines is 2. The number of amides is 1. The average Bonchev–Trinajstić information content (AvgIpc) is 3.05. The molecule has 0 aliphatic rings. The summed E-state index contributed by atoms with van der Waals surface area (Å²) in [4.78, 5) is 41.1. The Bertz CT molecular complexity index is 1300. The molecule has 0 aliphatic carbocycles. The third kappa shape index (κ3) is 3.52. The highest BCUT2D eigenvalue weighted by molar-refractivity contribution is 5.92. The van der Waals surface area contributed by atoms with Crippen molar-refractivity contribution < 1.29 is 13.9 Å². The highest BCUT2D eigenvalue weighted by atomic mass is 16.5. The fourth-order valence-corrected chi connectivity index (χ4v) is 3.03. The molecule has 4 aromatic rings. The number of fused-ring (bicyclic) bond motifs is 2. The normalized spacial score (nSPS) is 11.0. The van der Waals surface area contributed by atoms with E-state index < -0.39 is 5.76 Å². The van der Waals surface area contributed by atoms with Gasteiger partial charge < -0.3 is 19.5 Å². The van der Waals surface area contributed by atoms with Crippen LogP contribution in [0.5, 0.6) is 5.75 Å². The van der Waals surface area contributed by atoms with Crippen molar-refractivity contribution in [2.45, 2.75) is 12.8 Å². The summed E-state index contributed by atoms with van der Waals surface area (Å²) in [6, 6.07) is 12.1. The highest BCUT2D eigenvalue weighted by Gasteiger charge is 2.09. The molecule has 2 heterocycles. The molecule has 3 N–H and O–H groups in total. The van der Waals surface area contributed by atoms with Crippen LogP contribution < -0.4 is 21.4 Å². The van der Waals surface area contributed by atoms with E-state index in [-0.39, 0.29) is 17.9 Å². The SMILES string of the molecule is COc1ccc2cc(CCC(=O)Nc3ccc4[nH]c(=O)oc4c3)c(=O)[nH]c2c1. The summed E-state index contributed by atoms with van der Waals surface area (Å²) < 4.78 is 10.1. The molecule has 0 atom stereocenters. The molecule has 0 saturated heterocycles. The zero-order chi connectivity index (χ0) is 19.7. The Morgan fingerprint density at radius 1 is 1.07 bits per heavy atom. The lowest BCUT2D eigenvalue weighted by Crippen LogP contribution is -2.17. The molecule has 0 spiro atoms. The molecule has 8 nitrogen and oxygen atoms in total. The van der Waals surface area contributed by atoms with Gasteiger partial charge in [0.25, 0.3) is 5.56 Å². The standard InChI is InChI=1S/C20H17N3O5/c1-27-14-5-2-11-8-12(19(25)22-16(11)10-14)3-7-18(24)21-13-4-6-15-17(9-13)28-20(26)23-15/h2,4-6,8-10H,3,7H2,1H3,(H,21,24)(H,22,25)(H,23,26). The number of aromatic nitrogens is 2. The fraction of sp³-hybridized carbons (Fsp3) is 0.150. The number of hydrogen-bond acceptors (Lipinski definition) is 5. The maximum absolute atomic E-state index is 12.3. The molecular formula is C20H17N3O5. The predicted molar refractivity (Wildman–Crippen MR) is 105 cm³/mol. The predicted octanol–water partition coefficient (Wildman–Crippen LogP) is 2.54. The first-order valence-electron chi connectivity index (χ1n) is 8.64. The van der Waals surface area contributed by atoms with Crippen LogP contribution in [0.4, 0.5) is 5.69 Å². The van der Waals surface area contributed by atoms with E-state index in [0.29, 0.717) is 40.0 Å². The summed E-state index contributed by atoms with van der Waals surface area (Å²) in [7, 11) is 1.56. The number of methoxy groups -OCH3 is 1. The Morgan fingerprint density at radius 2 is 1.93 bits per heavy atom. The zero-order valence-corrected chi connectivity index (χ0v) is 15.0. The van der Waals surface area contributed by atoms with Gasteiger partial charge in [-0.1, -0.05) is 0 Å². The van der Waals surface area contributed by atoms with Crippen LogP contribution in [0.3, 0.4) is 0 Å². The topological polar surface area (TPSA) is 117 Å². The molecule has 0 aliphatic heterocycles. The Balaban J connectivity index is 1.47. The van der Waals surface area contributed by atoms with Crippen LogP contribution in [0.2, 0.25) is 0 Å².